The fraction of sp³-hybridized carbons (Fsp3) is 0.474. The molecule has 1 aromatic heterocycles. The van der Waals surface area contributed by atoms with Crippen LogP contribution in [0.15, 0.2) is 28.9 Å². The van der Waals surface area contributed by atoms with Crippen LogP contribution in [0.1, 0.15) is 38.2 Å². The third-order valence-electron chi connectivity index (χ3n) is 4.54. The first-order chi connectivity index (χ1) is 11.4. The van der Waals surface area contributed by atoms with Crippen LogP contribution in [0.25, 0.3) is 10.9 Å². The molecule has 0 atom stereocenters. The quantitative estimate of drug-likeness (QED) is 0.732. The molecule has 5 heteroatoms. The van der Waals surface area contributed by atoms with Gasteiger partial charge in [0.05, 0.1) is 23.5 Å². The molecule has 1 aromatic carbocycles. The van der Waals surface area contributed by atoms with Crippen molar-refractivity contribution in [2.75, 3.05) is 19.1 Å². The molecule has 4 nitrogen and oxygen atoms in total. The molecule has 3 rings (SSSR count). The van der Waals surface area contributed by atoms with E-state index in [9.17, 15) is 4.79 Å². The third kappa shape index (κ3) is 4.54. The summed E-state index contributed by atoms with van der Waals surface area (Å²) in [6.07, 6.45) is 7.66. The lowest BCUT2D eigenvalue weighted by Crippen LogP contribution is -2.23. The highest BCUT2D eigenvalue weighted by Crippen LogP contribution is 2.28. The number of aromatic nitrogens is 1. The molecule has 0 radical (unpaired) electrons. The van der Waals surface area contributed by atoms with Crippen molar-refractivity contribution in [3.8, 4) is 0 Å². The molecule has 0 bridgehead atoms. The standard InChI is InChI=1S/C13H13BrN2O.C6H12O/c1-8-11-6-10(14)4-5-12(11)15-7-13(8)16(3)9(2)17;1-7-6-4-2-3-5-6/h4-7H,1-3H3;6H,2-5H2,1H3. The first-order valence-electron chi connectivity index (χ1n) is 8.26. The molecule has 1 aliphatic carbocycles. The zero-order chi connectivity index (χ0) is 17.7. The Labute approximate surface area is 152 Å². The Kier molecular flexibility index (Phi) is 6.75. The first kappa shape index (κ1) is 18.9. The van der Waals surface area contributed by atoms with Gasteiger partial charge in [0.1, 0.15) is 0 Å². The summed E-state index contributed by atoms with van der Waals surface area (Å²) >= 11 is 3.45. The lowest BCUT2D eigenvalue weighted by Gasteiger charge is -2.18. The zero-order valence-electron chi connectivity index (χ0n) is 14.8. The number of anilines is 1. The summed E-state index contributed by atoms with van der Waals surface area (Å²) in [5, 5.41) is 1.06. The van der Waals surface area contributed by atoms with Crippen LogP contribution < -0.4 is 4.90 Å². The lowest BCUT2D eigenvalue weighted by molar-refractivity contribution is -0.116. The van der Waals surface area contributed by atoms with Gasteiger partial charge >= 0.3 is 0 Å². The molecule has 2 aromatic rings. The SMILES string of the molecule is CC(=O)N(C)c1cnc2ccc(Br)cc2c1C.COC1CCCC1. The second-order valence-electron chi connectivity index (χ2n) is 6.15. The summed E-state index contributed by atoms with van der Waals surface area (Å²) in [7, 11) is 3.56. The molecule has 1 heterocycles. The summed E-state index contributed by atoms with van der Waals surface area (Å²) < 4.78 is 6.12. The smallest absolute Gasteiger partial charge is 0.223 e. The van der Waals surface area contributed by atoms with Crippen molar-refractivity contribution in [2.45, 2.75) is 45.6 Å². The second-order valence-corrected chi connectivity index (χ2v) is 7.07. The average Bonchev–Trinajstić information content (AvgIpc) is 3.09. The van der Waals surface area contributed by atoms with Gasteiger partial charge < -0.3 is 9.64 Å². The number of halogens is 1. The highest BCUT2D eigenvalue weighted by molar-refractivity contribution is 9.10. The number of hydrogen-bond donors (Lipinski definition) is 0. The minimum absolute atomic E-state index is 0.00393. The summed E-state index contributed by atoms with van der Waals surface area (Å²) in [4.78, 5) is 17.4. The summed E-state index contributed by atoms with van der Waals surface area (Å²) in [5.74, 6) is 0.00393. The van der Waals surface area contributed by atoms with Crippen molar-refractivity contribution >= 4 is 38.4 Å². The van der Waals surface area contributed by atoms with Gasteiger partial charge in [-0.15, -0.1) is 0 Å². The van der Waals surface area contributed by atoms with Crippen LogP contribution >= 0.6 is 15.9 Å². The fourth-order valence-electron chi connectivity index (χ4n) is 2.92. The Hall–Kier alpha value is -1.46. The van der Waals surface area contributed by atoms with Gasteiger partial charge in [0.2, 0.25) is 5.91 Å². The van der Waals surface area contributed by atoms with Crippen molar-refractivity contribution in [1.29, 1.82) is 0 Å². The van der Waals surface area contributed by atoms with Gasteiger partial charge in [0.15, 0.2) is 0 Å². The van der Waals surface area contributed by atoms with Crippen LogP contribution in [-0.2, 0) is 9.53 Å². The van der Waals surface area contributed by atoms with E-state index in [0.29, 0.717) is 6.10 Å². The molecule has 0 spiro atoms. The molecule has 1 aliphatic rings. The van der Waals surface area contributed by atoms with Gasteiger partial charge in [-0.05, 0) is 43.5 Å². The molecule has 1 amide bonds. The topological polar surface area (TPSA) is 42.4 Å². The van der Waals surface area contributed by atoms with E-state index in [-0.39, 0.29) is 5.91 Å². The molecule has 0 aliphatic heterocycles. The highest BCUT2D eigenvalue weighted by atomic mass is 79.9. The second kappa shape index (κ2) is 8.58. The molecular formula is C19H25BrN2O2. The summed E-state index contributed by atoms with van der Waals surface area (Å²) in [5.41, 5.74) is 2.85. The number of carbonyl (C=O) groups excluding carboxylic acids is 1. The molecule has 1 saturated carbocycles. The molecule has 1 fully saturated rings. The number of hydrogen-bond acceptors (Lipinski definition) is 3. The Morgan fingerprint density at radius 3 is 2.54 bits per heavy atom. The van der Waals surface area contributed by atoms with E-state index in [4.69, 9.17) is 4.74 Å². The van der Waals surface area contributed by atoms with E-state index >= 15 is 0 Å². The molecular weight excluding hydrogens is 368 g/mol. The third-order valence-corrected chi connectivity index (χ3v) is 5.04. The van der Waals surface area contributed by atoms with Crippen molar-refractivity contribution in [2.24, 2.45) is 0 Å². The van der Waals surface area contributed by atoms with Crippen molar-refractivity contribution in [3.63, 3.8) is 0 Å². The Morgan fingerprint density at radius 2 is 2.00 bits per heavy atom. The number of amides is 1. The highest BCUT2D eigenvalue weighted by Gasteiger charge is 2.12. The van der Waals surface area contributed by atoms with E-state index in [1.54, 1.807) is 32.2 Å². The van der Waals surface area contributed by atoms with Crippen LogP contribution in [-0.4, -0.2) is 31.2 Å². The van der Waals surface area contributed by atoms with Crippen molar-refractivity contribution in [3.05, 3.63) is 34.4 Å². The van der Waals surface area contributed by atoms with E-state index in [1.807, 2.05) is 25.1 Å². The number of fused-ring (bicyclic) bond motifs is 1. The molecule has 130 valence electrons. The number of rotatable bonds is 2. The predicted octanol–water partition coefficient (Wildman–Crippen LogP) is 4.86. The number of benzene rings is 1. The number of pyridine rings is 1. The Morgan fingerprint density at radius 1 is 1.33 bits per heavy atom. The predicted molar refractivity (Wildman–Crippen MR) is 103 cm³/mol. The van der Waals surface area contributed by atoms with E-state index in [2.05, 4.69) is 20.9 Å². The fourth-order valence-corrected chi connectivity index (χ4v) is 3.28. The number of ether oxygens (including phenoxy) is 1. The minimum atomic E-state index is 0.00393. The zero-order valence-corrected chi connectivity index (χ0v) is 16.4. The number of aryl methyl sites for hydroxylation is 1. The van der Waals surface area contributed by atoms with E-state index in [1.165, 1.54) is 25.7 Å². The maximum Gasteiger partial charge on any atom is 0.223 e. The molecule has 0 saturated heterocycles. The maximum atomic E-state index is 11.4. The van der Waals surface area contributed by atoms with Crippen LogP contribution in [0.4, 0.5) is 5.69 Å². The Bertz CT molecular complexity index is 712. The van der Waals surface area contributed by atoms with Gasteiger partial charge in [-0.1, -0.05) is 28.8 Å². The summed E-state index contributed by atoms with van der Waals surface area (Å²) in [6, 6.07) is 5.95. The van der Waals surface area contributed by atoms with Crippen LogP contribution in [0.5, 0.6) is 0 Å². The van der Waals surface area contributed by atoms with Gasteiger partial charge in [-0.2, -0.15) is 0 Å². The van der Waals surface area contributed by atoms with Gasteiger partial charge in [0, 0.05) is 30.9 Å². The number of methoxy groups -OCH3 is 1. The first-order valence-corrected chi connectivity index (χ1v) is 9.05. The Balaban J connectivity index is 0.000000249. The minimum Gasteiger partial charge on any atom is -0.381 e. The van der Waals surface area contributed by atoms with Crippen molar-refractivity contribution < 1.29 is 9.53 Å². The van der Waals surface area contributed by atoms with Gasteiger partial charge in [-0.3, -0.25) is 9.78 Å². The van der Waals surface area contributed by atoms with Gasteiger partial charge in [0.25, 0.3) is 0 Å². The average molecular weight is 393 g/mol. The number of carbonyl (C=O) groups is 1. The lowest BCUT2D eigenvalue weighted by atomic mass is 10.1. The normalized spacial score (nSPS) is 14.4. The van der Waals surface area contributed by atoms with E-state index < -0.39 is 0 Å². The largest absolute Gasteiger partial charge is 0.381 e. The molecule has 0 unspecified atom stereocenters. The van der Waals surface area contributed by atoms with Crippen molar-refractivity contribution in [1.82, 2.24) is 4.98 Å². The van der Waals surface area contributed by atoms with Gasteiger partial charge in [-0.25, -0.2) is 0 Å². The maximum absolute atomic E-state index is 11.4. The monoisotopic (exact) mass is 392 g/mol. The van der Waals surface area contributed by atoms with Crippen LogP contribution in [0, 0.1) is 6.92 Å². The number of nitrogens with zero attached hydrogens (tertiary/aromatic N) is 2. The van der Waals surface area contributed by atoms with Crippen LogP contribution in [0.2, 0.25) is 0 Å². The van der Waals surface area contributed by atoms with Crippen LogP contribution in [0.3, 0.4) is 0 Å². The summed E-state index contributed by atoms with van der Waals surface area (Å²) in [6.45, 7) is 3.55. The molecule has 0 N–H and O–H groups in total. The van der Waals surface area contributed by atoms with E-state index in [0.717, 1.165) is 26.6 Å². The molecule has 24 heavy (non-hydrogen) atoms.